The van der Waals surface area contributed by atoms with Crippen molar-refractivity contribution < 1.29 is 23.1 Å². The molecule has 112 valence electrons. The lowest BCUT2D eigenvalue weighted by atomic mass is 10.1. The number of aromatic nitrogens is 2. The van der Waals surface area contributed by atoms with E-state index in [0.29, 0.717) is 0 Å². The maximum absolute atomic E-state index is 13.5. The van der Waals surface area contributed by atoms with Gasteiger partial charge in [-0.3, -0.25) is 14.5 Å². The number of ketones is 1. The largest absolute Gasteiger partial charge is 0.433 e. The highest BCUT2D eigenvalue weighted by atomic mass is 19.2. The van der Waals surface area contributed by atoms with E-state index in [1.165, 1.54) is 12.4 Å². The molecule has 2 aromatic rings. The lowest BCUT2D eigenvalue weighted by molar-refractivity contribution is -0.143. The maximum atomic E-state index is 13.5. The van der Waals surface area contributed by atoms with Crippen LogP contribution in [0, 0.1) is 11.6 Å². The van der Waals surface area contributed by atoms with Crippen molar-refractivity contribution in [1.29, 1.82) is 0 Å². The molecule has 0 fully saturated rings. The molecule has 3 rings (SSSR count). The van der Waals surface area contributed by atoms with Gasteiger partial charge in [-0.25, -0.2) is 18.7 Å². The first-order valence-corrected chi connectivity index (χ1v) is 6.26. The number of rotatable bonds is 2. The SMILES string of the molecule is CC(=O)OC1C(=O)c2cc(F)c(F)cc2N1c1ncccn1. The van der Waals surface area contributed by atoms with Gasteiger partial charge in [-0.05, 0) is 12.1 Å². The first kappa shape index (κ1) is 14.1. The van der Waals surface area contributed by atoms with Crippen LogP contribution in [0.1, 0.15) is 17.3 Å². The van der Waals surface area contributed by atoms with Crippen molar-refractivity contribution >= 4 is 23.4 Å². The second kappa shape index (κ2) is 5.14. The molecule has 1 atom stereocenters. The molecule has 6 nitrogen and oxygen atoms in total. The van der Waals surface area contributed by atoms with Gasteiger partial charge in [0.1, 0.15) is 0 Å². The van der Waals surface area contributed by atoms with Gasteiger partial charge in [-0.15, -0.1) is 0 Å². The standard InChI is InChI=1S/C14H9F2N3O3/c1-7(20)22-13-12(21)8-5-9(15)10(16)6-11(8)19(13)14-17-3-2-4-18-14/h2-6,13H,1H3. The predicted molar refractivity (Wildman–Crippen MR) is 70.4 cm³/mol. The zero-order valence-electron chi connectivity index (χ0n) is 11.3. The van der Waals surface area contributed by atoms with E-state index in [1.807, 2.05) is 0 Å². The summed E-state index contributed by atoms with van der Waals surface area (Å²) in [7, 11) is 0. The van der Waals surface area contributed by atoms with Crippen LogP contribution in [-0.2, 0) is 9.53 Å². The first-order chi connectivity index (χ1) is 10.5. The number of nitrogens with zero attached hydrogens (tertiary/aromatic N) is 3. The number of esters is 1. The van der Waals surface area contributed by atoms with Crippen molar-refractivity contribution in [3.8, 4) is 0 Å². The number of hydrogen-bond donors (Lipinski definition) is 0. The van der Waals surface area contributed by atoms with Gasteiger partial charge >= 0.3 is 5.97 Å². The van der Waals surface area contributed by atoms with E-state index in [1.54, 1.807) is 6.07 Å². The lowest BCUT2D eigenvalue weighted by Gasteiger charge is -2.23. The number of fused-ring (bicyclic) bond motifs is 1. The van der Waals surface area contributed by atoms with Crippen LogP contribution < -0.4 is 4.90 Å². The summed E-state index contributed by atoms with van der Waals surface area (Å²) >= 11 is 0. The summed E-state index contributed by atoms with van der Waals surface area (Å²) in [5.74, 6) is -3.64. The molecule has 0 N–H and O–H groups in total. The van der Waals surface area contributed by atoms with Gasteiger partial charge in [0.15, 0.2) is 11.6 Å². The molecule has 1 aromatic heterocycles. The number of Topliss-reactive ketones (excluding diaryl/α,β-unsaturated/α-hetero) is 1. The minimum atomic E-state index is -1.39. The summed E-state index contributed by atoms with van der Waals surface area (Å²) in [6.45, 7) is 1.13. The minimum Gasteiger partial charge on any atom is -0.433 e. The molecule has 8 heteroatoms. The van der Waals surface area contributed by atoms with Crippen molar-refractivity contribution in [2.75, 3.05) is 4.90 Å². The Kier molecular flexibility index (Phi) is 3.28. The Labute approximate surface area is 123 Å². The van der Waals surface area contributed by atoms with E-state index >= 15 is 0 Å². The van der Waals surface area contributed by atoms with Crippen molar-refractivity contribution in [2.45, 2.75) is 13.2 Å². The molecule has 0 spiro atoms. The number of benzene rings is 1. The van der Waals surface area contributed by atoms with Gasteiger partial charge in [0, 0.05) is 25.4 Å². The quantitative estimate of drug-likeness (QED) is 0.790. The smallest absolute Gasteiger partial charge is 0.304 e. The van der Waals surface area contributed by atoms with Crippen molar-refractivity contribution in [2.24, 2.45) is 0 Å². The molecule has 0 aliphatic carbocycles. The molecule has 1 unspecified atom stereocenters. The fourth-order valence-corrected chi connectivity index (χ4v) is 2.20. The van der Waals surface area contributed by atoms with E-state index in [-0.39, 0.29) is 17.2 Å². The van der Waals surface area contributed by atoms with E-state index in [2.05, 4.69) is 9.97 Å². The average molecular weight is 305 g/mol. The van der Waals surface area contributed by atoms with Crippen LogP contribution in [0.3, 0.4) is 0 Å². The molecule has 0 bridgehead atoms. The fraction of sp³-hybridized carbons (Fsp3) is 0.143. The monoisotopic (exact) mass is 305 g/mol. The molecule has 1 aromatic carbocycles. The van der Waals surface area contributed by atoms with Gasteiger partial charge in [0.25, 0.3) is 0 Å². The molecular weight excluding hydrogens is 296 g/mol. The third-order valence-corrected chi connectivity index (χ3v) is 3.07. The number of ether oxygens (including phenoxy) is 1. The summed E-state index contributed by atoms with van der Waals surface area (Å²) in [6, 6.07) is 3.17. The maximum Gasteiger partial charge on any atom is 0.304 e. The fourth-order valence-electron chi connectivity index (χ4n) is 2.20. The second-order valence-corrected chi connectivity index (χ2v) is 4.53. The molecule has 0 radical (unpaired) electrons. The predicted octanol–water partition coefficient (Wildman–Crippen LogP) is 1.98. The third kappa shape index (κ3) is 2.18. The minimum absolute atomic E-state index is 0.0341. The molecule has 1 aliphatic rings. The summed E-state index contributed by atoms with van der Waals surface area (Å²) < 4.78 is 31.9. The topological polar surface area (TPSA) is 72.4 Å². The normalized spacial score (nSPS) is 16.6. The van der Waals surface area contributed by atoms with Gasteiger partial charge in [-0.1, -0.05) is 0 Å². The van der Waals surface area contributed by atoms with E-state index < -0.39 is 29.6 Å². The summed E-state index contributed by atoms with van der Waals surface area (Å²) in [4.78, 5) is 32.6. The van der Waals surface area contributed by atoms with Crippen molar-refractivity contribution in [1.82, 2.24) is 9.97 Å². The highest BCUT2D eigenvalue weighted by molar-refractivity contribution is 6.12. The van der Waals surface area contributed by atoms with Crippen LogP contribution in [-0.4, -0.2) is 27.9 Å². The van der Waals surface area contributed by atoms with Crippen molar-refractivity contribution in [3.63, 3.8) is 0 Å². The molecule has 1 aliphatic heterocycles. The number of anilines is 2. The zero-order chi connectivity index (χ0) is 15.9. The Balaban J connectivity index is 2.17. The Morgan fingerprint density at radius 3 is 2.50 bits per heavy atom. The second-order valence-electron chi connectivity index (χ2n) is 4.53. The number of hydrogen-bond acceptors (Lipinski definition) is 6. The van der Waals surface area contributed by atoms with Gasteiger partial charge in [0.05, 0.1) is 11.3 Å². The Morgan fingerprint density at radius 1 is 1.23 bits per heavy atom. The van der Waals surface area contributed by atoms with E-state index in [0.717, 1.165) is 24.0 Å². The third-order valence-electron chi connectivity index (χ3n) is 3.07. The van der Waals surface area contributed by atoms with Gasteiger partial charge < -0.3 is 4.74 Å². The summed E-state index contributed by atoms with van der Waals surface area (Å²) in [5, 5.41) is 0. The molecule has 0 saturated heterocycles. The highest BCUT2D eigenvalue weighted by Crippen LogP contribution is 2.38. The summed E-state index contributed by atoms with van der Waals surface area (Å²) in [6.07, 6.45) is 1.43. The highest BCUT2D eigenvalue weighted by Gasteiger charge is 2.42. The number of halogens is 2. The van der Waals surface area contributed by atoms with Crippen LogP contribution in [0.15, 0.2) is 30.6 Å². The van der Waals surface area contributed by atoms with E-state index in [9.17, 15) is 18.4 Å². The van der Waals surface area contributed by atoms with Crippen LogP contribution in [0.4, 0.5) is 20.4 Å². The molecule has 2 heterocycles. The first-order valence-electron chi connectivity index (χ1n) is 6.26. The Hall–Kier alpha value is -2.90. The number of carbonyl (C=O) groups excluding carboxylic acids is 2. The van der Waals surface area contributed by atoms with Gasteiger partial charge in [0.2, 0.25) is 18.0 Å². The Morgan fingerprint density at radius 2 is 1.86 bits per heavy atom. The number of carbonyl (C=O) groups is 2. The molecule has 22 heavy (non-hydrogen) atoms. The lowest BCUT2D eigenvalue weighted by Crippen LogP contribution is -2.36. The molecular formula is C14H9F2N3O3. The van der Waals surface area contributed by atoms with Crippen LogP contribution >= 0.6 is 0 Å². The Bertz CT molecular complexity index is 767. The molecule has 0 saturated carbocycles. The average Bonchev–Trinajstić information content (AvgIpc) is 2.73. The van der Waals surface area contributed by atoms with E-state index in [4.69, 9.17) is 4.74 Å². The summed E-state index contributed by atoms with van der Waals surface area (Å²) in [5.41, 5.74) is -0.0565. The van der Waals surface area contributed by atoms with Crippen LogP contribution in [0.2, 0.25) is 0 Å². The van der Waals surface area contributed by atoms with Crippen LogP contribution in [0.5, 0.6) is 0 Å². The molecule has 0 amide bonds. The zero-order valence-corrected chi connectivity index (χ0v) is 11.3. The van der Waals surface area contributed by atoms with Crippen LogP contribution in [0.25, 0.3) is 0 Å². The van der Waals surface area contributed by atoms with Crippen molar-refractivity contribution in [3.05, 3.63) is 47.8 Å². The van der Waals surface area contributed by atoms with Gasteiger partial charge in [-0.2, -0.15) is 0 Å².